The molecule has 0 spiro atoms. The zero-order valence-electron chi connectivity index (χ0n) is 15.4. The van der Waals surface area contributed by atoms with Crippen molar-refractivity contribution in [2.75, 3.05) is 0 Å². The largest absolute Gasteiger partial charge is 0.416 e. The molecule has 4 nitrogen and oxygen atoms in total. The number of ketones is 1. The van der Waals surface area contributed by atoms with Crippen molar-refractivity contribution in [3.05, 3.63) is 82.6 Å². The van der Waals surface area contributed by atoms with E-state index in [-0.39, 0.29) is 23.5 Å². The second-order valence-corrected chi connectivity index (χ2v) is 6.63. The quantitative estimate of drug-likeness (QED) is 0.815. The number of hydrogen-bond donors (Lipinski definition) is 1. The van der Waals surface area contributed by atoms with Crippen molar-refractivity contribution < 1.29 is 22.8 Å². The molecule has 0 saturated heterocycles. The molecule has 146 valence electrons. The normalized spacial score (nSPS) is 17.5. The van der Waals surface area contributed by atoms with Crippen LogP contribution in [0.3, 0.4) is 0 Å². The van der Waals surface area contributed by atoms with Gasteiger partial charge in [0, 0.05) is 11.3 Å². The number of alkyl halides is 3. The Kier molecular flexibility index (Phi) is 5.27. The van der Waals surface area contributed by atoms with Gasteiger partial charge in [0.15, 0.2) is 5.78 Å². The van der Waals surface area contributed by atoms with Crippen LogP contribution in [0.15, 0.2) is 65.9 Å². The van der Waals surface area contributed by atoms with Gasteiger partial charge in [0.25, 0.3) is 0 Å². The van der Waals surface area contributed by atoms with Crippen LogP contribution in [0.4, 0.5) is 18.0 Å². The van der Waals surface area contributed by atoms with Crippen molar-refractivity contribution >= 4 is 11.8 Å². The van der Waals surface area contributed by atoms with Crippen LogP contribution in [0.5, 0.6) is 0 Å². The Balaban J connectivity index is 2.02. The van der Waals surface area contributed by atoms with Gasteiger partial charge in [0.05, 0.1) is 18.2 Å². The van der Waals surface area contributed by atoms with Crippen molar-refractivity contribution in [2.24, 2.45) is 0 Å². The SMILES string of the molecule is CC(=O)C1=C(C)N(Cc2ccccc2)C(=O)N[C@@H]1c1cccc(C(F)(F)F)c1. The number of carbonyl (C=O) groups is 2. The van der Waals surface area contributed by atoms with E-state index in [0.29, 0.717) is 5.70 Å². The minimum atomic E-state index is -4.51. The molecule has 0 bridgehead atoms. The molecule has 1 heterocycles. The van der Waals surface area contributed by atoms with Gasteiger partial charge >= 0.3 is 12.2 Å². The number of Topliss-reactive ketones (excluding diaryl/α,β-unsaturated/α-hetero) is 1. The van der Waals surface area contributed by atoms with Gasteiger partial charge in [-0.25, -0.2) is 4.79 Å². The molecule has 2 amide bonds. The lowest BCUT2D eigenvalue weighted by Crippen LogP contribution is -2.47. The number of carbonyl (C=O) groups excluding carboxylic acids is 2. The number of nitrogens with one attached hydrogen (secondary N) is 1. The van der Waals surface area contributed by atoms with Crippen molar-refractivity contribution in [3.63, 3.8) is 0 Å². The van der Waals surface area contributed by atoms with E-state index >= 15 is 0 Å². The van der Waals surface area contributed by atoms with Crippen molar-refractivity contribution in [3.8, 4) is 0 Å². The average Bonchev–Trinajstić information content (AvgIpc) is 2.64. The number of nitrogens with zero attached hydrogens (tertiary/aromatic N) is 1. The molecule has 2 aromatic rings. The third-order valence-electron chi connectivity index (χ3n) is 4.71. The van der Waals surface area contributed by atoms with E-state index in [1.807, 2.05) is 30.3 Å². The summed E-state index contributed by atoms with van der Waals surface area (Å²) in [6.45, 7) is 3.24. The number of amides is 2. The van der Waals surface area contributed by atoms with Crippen molar-refractivity contribution in [2.45, 2.75) is 32.6 Å². The third-order valence-corrected chi connectivity index (χ3v) is 4.71. The maximum Gasteiger partial charge on any atom is 0.416 e. The summed E-state index contributed by atoms with van der Waals surface area (Å²) < 4.78 is 39.2. The van der Waals surface area contributed by atoms with Crippen molar-refractivity contribution in [1.29, 1.82) is 0 Å². The highest BCUT2D eigenvalue weighted by Crippen LogP contribution is 2.35. The summed E-state index contributed by atoms with van der Waals surface area (Å²) in [6, 6.07) is 12.5. The molecule has 0 fully saturated rings. The summed E-state index contributed by atoms with van der Waals surface area (Å²) in [6.07, 6.45) is -4.51. The lowest BCUT2D eigenvalue weighted by molar-refractivity contribution is -0.137. The summed E-state index contributed by atoms with van der Waals surface area (Å²) in [4.78, 5) is 26.4. The smallest absolute Gasteiger partial charge is 0.327 e. The maximum absolute atomic E-state index is 13.1. The fourth-order valence-corrected chi connectivity index (χ4v) is 3.34. The predicted molar refractivity (Wildman–Crippen MR) is 98.1 cm³/mol. The first-order valence-electron chi connectivity index (χ1n) is 8.69. The zero-order valence-corrected chi connectivity index (χ0v) is 15.4. The fourth-order valence-electron chi connectivity index (χ4n) is 3.34. The van der Waals surface area contributed by atoms with E-state index in [1.165, 1.54) is 24.0 Å². The third kappa shape index (κ3) is 3.93. The van der Waals surface area contributed by atoms with Crippen LogP contribution in [-0.2, 0) is 17.5 Å². The monoisotopic (exact) mass is 388 g/mol. The summed E-state index contributed by atoms with van der Waals surface area (Å²) in [5.41, 5.74) is 0.966. The second kappa shape index (κ2) is 7.50. The molecule has 1 atom stereocenters. The fraction of sp³-hybridized carbons (Fsp3) is 0.238. The van der Waals surface area contributed by atoms with Crippen molar-refractivity contribution in [1.82, 2.24) is 10.2 Å². The number of halogens is 3. The Morgan fingerprint density at radius 1 is 1.11 bits per heavy atom. The number of urea groups is 1. The van der Waals surface area contributed by atoms with Gasteiger partial charge in [0.1, 0.15) is 0 Å². The summed E-state index contributed by atoms with van der Waals surface area (Å²) in [5, 5.41) is 2.68. The van der Waals surface area contributed by atoms with Gasteiger partial charge in [-0.2, -0.15) is 13.2 Å². The van der Waals surface area contributed by atoms with E-state index in [0.717, 1.165) is 17.7 Å². The first-order chi connectivity index (χ1) is 13.2. The topological polar surface area (TPSA) is 49.4 Å². The van der Waals surface area contributed by atoms with Crippen LogP contribution < -0.4 is 5.32 Å². The lowest BCUT2D eigenvalue weighted by Gasteiger charge is -2.35. The van der Waals surface area contributed by atoms with E-state index in [9.17, 15) is 22.8 Å². The van der Waals surface area contributed by atoms with E-state index in [4.69, 9.17) is 0 Å². The molecular formula is C21H19F3N2O2. The molecule has 7 heteroatoms. The number of rotatable bonds is 4. The average molecular weight is 388 g/mol. The van der Waals surface area contributed by atoms with Crippen LogP contribution in [0.2, 0.25) is 0 Å². The number of allylic oxidation sites excluding steroid dienone is 1. The zero-order chi connectivity index (χ0) is 20.5. The summed E-state index contributed by atoms with van der Waals surface area (Å²) in [7, 11) is 0. The molecular weight excluding hydrogens is 369 g/mol. The minimum Gasteiger partial charge on any atom is -0.327 e. The van der Waals surface area contributed by atoms with E-state index in [1.54, 1.807) is 6.92 Å². The Labute approximate surface area is 160 Å². The van der Waals surface area contributed by atoms with E-state index in [2.05, 4.69) is 5.32 Å². The first kappa shape index (κ1) is 19.7. The van der Waals surface area contributed by atoms with Crippen LogP contribution >= 0.6 is 0 Å². The van der Waals surface area contributed by atoms with Gasteiger partial charge in [-0.15, -0.1) is 0 Å². The molecule has 3 rings (SSSR count). The Morgan fingerprint density at radius 2 is 1.79 bits per heavy atom. The van der Waals surface area contributed by atoms with Crippen LogP contribution in [0.1, 0.15) is 36.6 Å². The first-order valence-corrected chi connectivity index (χ1v) is 8.69. The number of hydrogen-bond acceptors (Lipinski definition) is 2. The molecule has 0 radical (unpaired) electrons. The molecule has 1 N–H and O–H groups in total. The molecule has 1 aliphatic rings. The van der Waals surface area contributed by atoms with E-state index < -0.39 is 23.8 Å². The highest BCUT2D eigenvalue weighted by Gasteiger charge is 2.36. The standard InChI is InChI=1S/C21H19F3N2O2/c1-13-18(14(2)27)19(16-9-6-10-17(11-16)21(22,23)24)25-20(28)26(13)12-15-7-4-3-5-8-15/h3-11,19H,12H2,1-2H3,(H,25,28)/t19-/m1/s1. The van der Waals surface area contributed by atoms with Gasteiger partial charge in [-0.05, 0) is 37.1 Å². The molecule has 0 aliphatic carbocycles. The second-order valence-electron chi connectivity index (χ2n) is 6.63. The molecule has 0 aromatic heterocycles. The lowest BCUT2D eigenvalue weighted by atomic mass is 9.91. The molecule has 2 aromatic carbocycles. The Hall–Kier alpha value is -3.09. The van der Waals surface area contributed by atoms with Crippen LogP contribution in [0.25, 0.3) is 0 Å². The van der Waals surface area contributed by atoms with Gasteiger partial charge in [-0.1, -0.05) is 42.5 Å². The van der Waals surface area contributed by atoms with Crippen LogP contribution in [-0.4, -0.2) is 16.7 Å². The molecule has 0 saturated carbocycles. The van der Waals surface area contributed by atoms with Crippen LogP contribution in [0, 0.1) is 0 Å². The highest BCUT2D eigenvalue weighted by molar-refractivity contribution is 5.98. The molecule has 1 aliphatic heterocycles. The predicted octanol–water partition coefficient (Wildman–Crippen LogP) is 4.83. The Bertz CT molecular complexity index is 936. The summed E-state index contributed by atoms with van der Waals surface area (Å²) in [5.74, 6) is -0.307. The minimum absolute atomic E-state index is 0.215. The van der Waals surface area contributed by atoms with Gasteiger partial charge in [-0.3, -0.25) is 9.69 Å². The van der Waals surface area contributed by atoms with Gasteiger partial charge in [0.2, 0.25) is 0 Å². The number of benzene rings is 2. The highest BCUT2D eigenvalue weighted by atomic mass is 19.4. The van der Waals surface area contributed by atoms with Gasteiger partial charge < -0.3 is 5.32 Å². The summed E-state index contributed by atoms with van der Waals surface area (Å²) >= 11 is 0. The maximum atomic E-state index is 13.1. The molecule has 28 heavy (non-hydrogen) atoms. The Morgan fingerprint density at radius 3 is 2.39 bits per heavy atom. The molecule has 0 unspecified atom stereocenters.